The van der Waals surface area contributed by atoms with Crippen molar-refractivity contribution in [2.75, 3.05) is 5.75 Å². The molecule has 6 nitrogen and oxygen atoms in total. The zero-order valence-electron chi connectivity index (χ0n) is 13.3. The minimum absolute atomic E-state index is 0.129. The molecule has 7 N–H and O–H groups in total. The molecule has 0 aliphatic heterocycles. The molecular weight excluding hydrogens is 340 g/mol. The molecule has 2 rings (SSSR count). The van der Waals surface area contributed by atoms with Crippen LogP contribution in [0.4, 0.5) is 0 Å². The molecule has 24 heavy (non-hydrogen) atoms. The lowest BCUT2D eigenvalue weighted by atomic mass is 10.0. The monoisotopic (exact) mass is 362 g/mol. The summed E-state index contributed by atoms with van der Waals surface area (Å²) in [6.45, 7) is 0. The highest BCUT2D eigenvalue weighted by atomic mass is 32.2. The number of thioether (sulfide) groups is 2. The Morgan fingerprint density at radius 1 is 1.08 bits per heavy atom. The van der Waals surface area contributed by atoms with E-state index in [1.54, 1.807) is 12.4 Å². The van der Waals surface area contributed by atoms with Gasteiger partial charge in [-0.25, -0.2) is 4.98 Å². The van der Waals surface area contributed by atoms with Crippen LogP contribution in [0, 0.1) is 10.8 Å². The Balaban J connectivity index is 1.92. The highest BCUT2D eigenvalue weighted by Crippen LogP contribution is 2.20. The van der Waals surface area contributed by atoms with Crippen molar-refractivity contribution >= 4 is 33.9 Å². The Bertz CT molecular complexity index is 654. The fraction of sp³-hybridized carbons (Fsp3) is 0.312. The van der Waals surface area contributed by atoms with Gasteiger partial charge in [0.25, 0.3) is 0 Å². The maximum Gasteiger partial charge on any atom is 0.151 e. The predicted octanol–water partition coefficient (Wildman–Crippen LogP) is 2.36. The van der Waals surface area contributed by atoms with Gasteiger partial charge in [-0.05, 0) is 24.0 Å². The van der Waals surface area contributed by atoms with E-state index < -0.39 is 0 Å². The molecule has 1 aromatic carbocycles. The van der Waals surface area contributed by atoms with E-state index >= 15 is 0 Å². The molecule has 0 fully saturated rings. The first-order chi connectivity index (χ1) is 11.5. The predicted molar refractivity (Wildman–Crippen MR) is 104 cm³/mol. The van der Waals surface area contributed by atoms with Gasteiger partial charge in [-0.2, -0.15) is 0 Å². The van der Waals surface area contributed by atoms with E-state index in [2.05, 4.69) is 34.2 Å². The summed E-state index contributed by atoms with van der Waals surface area (Å²) >= 11 is 2.73. The Kier molecular flexibility index (Phi) is 7.20. The Morgan fingerprint density at radius 2 is 1.79 bits per heavy atom. The van der Waals surface area contributed by atoms with E-state index in [1.807, 2.05) is 0 Å². The first-order valence-electron chi connectivity index (χ1n) is 7.56. The van der Waals surface area contributed by atoms with E-state index in [0.717, 1.165) is 30.8 Å². The van der Waals surface area contributed by atoms with Crippen molar-refractivity contribution in [3.05, 3.63) is 53.6 Å². The van der Waals surface area contributed by atoms with Crippen molar-refractivity contribution in [3.8, 4) is 0 Å². The fourth-order valence-corrected chi connectivity index (χ4v) is 3.78. The van der Waals surface area contributed by atoms with E-state index in [-0.39, 0.29) is 15.6 Å². The lowest BCUT2D eigenvalue weighted by Crippen LogP contribution is -2.18. The minimum atomic E-state index is 0.129. The van der Waals surface area contributed by atoms with Crippen molar-refractivity contribution in [1.82, 2.24) is 9.97 Å². The molecule has 0 saturated carbocycles. The van der Waals surface area contributed by atoms with Gasteiger partial charge >= 0.3 is 0 Å². The number of hydrogen-bond acceptors (Lipinski definition) is 5. The normalized spacial score (nSPS) is 12.0. The van der Waals surface area contributed by atoms with Gasteiger partial charge in [-0.15, -0.1) is 0 Å². The minimum Gasteiger partial charge on any atom is -0.379 e. The van der Waals surface area contributed by atoms with Crippen LogP contribution in [-0.2, 0) is 19.3 Å². The Morgan fingerprint density at radius 3 is 2.38 bits per heavy atom. The summed E-state index contributed by atoms with van der Waals surface area (Å²) in [5.74, 6) is 1.72. The van der Waals surface area contributed by atoms with Gasteiger partial charge in [0.1, 0.15) is 5.82 Å². The lowest BCUT2D eigenvalue weighted by Gasteiger charge is -2.15. The van der Waals surface area contributed by atoms with Gasteiger partial charge in [-0.1, -0.05) is 47.8 Å². The molecule has 0 bridgehead atoms. The molecule has 0 saturated heterocycles. The second-order valence-corrected chi connectivity index (χ2v) is 7.81. The SMILES string of the molecule is N=C(N)SCCc1ccc(C[C@@H](Cc2ncc[nH]2)SC(=N)N)cc1. The van der Waals surface area contributed by atoms with Gasteiger partial charge in [0.15, 0.2) is 10.3 Å². The van der Waals surface area contributed by atoms with Crippen LogP contribution in [0.5, 0.6) is 0 Å². The van der Waals surface area contributed by atoms with Crippen LogP contribution in [0.3, 0.4) is 0 Å². The number of nitrogens with one attached hydrogen (secondary N) is 3. The van der Waals surface area contributed by atoms with Gasteiger partial charge in [0, 0.05) is 29.8 Å². The molecule has 0 spiro atoms. The van der Waals surface area contributed by atoms with Crippen LogP contribution in [0.25, 0.3) is 0 Å². The lowest BCUT2D eigenvalue weighted by molar-refractivity contribution is 0.804. The average Bonchev–Trinajstić information content (AvgIpc) is 3.01. The summed E-state index contributed by atoms with van der Waals surface area (Å²) in [6.07, 6.45) is 6.00. The van der Waals surface area contributed by atoms with Crippen LogP contribution >= 0.6 is 23.5 Å². The van der Waals surface area contributed by atoms with Crippen molar-refractivity contribution in [3.63, 3.8) is 0 Å². The molecule has 1 atom stereocenters. The quantitative estimate of drug-likeness (QED) is 0.364. The Labute approximate surface area is 150 Å². The largest absolute Gasteiger partial charge is 0.379 e. The summed E-state index contributed by atoms with van der Waals surface area (Å²) in [5.41, 5.74) is 13.3. The molecule has 0 amide bonds. The van der Waals surface area contributed by atoms with Crippen LogP contribution in [0.15, 0.2) is 36.7 Å². The number of H-pyrrole nitrogens is 1. The summed E-state index contributed by atoms with van der Waals surface area (Å²) in [6, 6.07) is 8.45. The van der Waals surface area contributed by atoms with Gasteiger partial charge in [-0.3, -0.25) is 10.8 Å². The Hall–Kier alpha value is -1.93. The second kappa shape index (κ2) is 9.39. The number of benzene rings is 1. The fourth-order valence-electron chi connectivity index (χ4n) is 2.34. The van der Waals surface area contributed by atoms with Crippen molar-refractivity contribution in [1.29, 1.82) is 10.8 Å². The molecule has 2 aromatic rings. The number of imidazole rings is 1. The van der Waals surface area contributed by atoms with Crippen molar-refractivity contribution in [2.24, 2.45) is 11.5 Å². The second-order valence-electron chi connectivity index (χ2n) is 5.33. The van der Waals surface area contributed by atoms with E-state index in [9.17, 15) is 0 Å². The molecule has 1 heterocycles. The number of nitrogens with two attached hydrogens (primary N) is 2. The third-order valence-electron chi connectivity index (χ3n) is 3.40. The molecule has 128 valence electrons. The van der Waals surface area contributed by atoms with Crippen molar-refractivity contribution in [2.45, 2.75) is 24.5 Å². The van der Waals surface area contributed by atoms with E-state index in [0.29, 0.717) is 0 Å². The number of hydrogen-bond donors (Lipinski definition) is 5. The number of amidine groups is 2. The third-order valence-corrected chi connectivity index (χ3v) is 5.04. The first-order valence-corrected chi connectivity index (χ1v) is 9.43. The van der Waals surface area contributed by atoms with Crippen LogP contribution in [-0.4, -0.2) is 31.3 Å². The molecule has 0 unspecified atom stereocenters. The molecule has 0 aliphatic carbocycles. The van der Waals surface area contributed by atoms with Gasteiger partial charge < -0.3 is 16.5 Å². The molecule has 1 aromatic heterocycles. The molecule has 8 heteroatoms. The molecule has 0 aliphatic rings. The summed E-state index contributed by atoms with van der Waals surface area (Å²) in [7, 11) is 0. The maximum atomic E-state index is 7.54. The summed E-state index contributed by atoms with van der Waals surface area (Å²) < 4.78 is 0. The third kappa shape index (κ3) is 6.67. The van der Waals surface area contributed by atoms with E-state index in [4.69, 9.17) is 22.3 Å². The van der Waals surface area contributed by atoms with Crippen LogP contribution < -0.4 is 11.5 Å². The topological polar surface area (TPSA) is 128 Å². The van der Waals surface area contributed by atoms with E-state index in [1.165, 1.54) is 34.7 Å². The number of nitrogens with zero attached hydrogens (tertiary/aromatic N) is 1. The van der Waals surface area contributed by atoms with Crippen molar-refractivity contribution < 1.29 is 0 Å². The number of aromatic amines is 1. The van der Waals surface area contributed by atoms with Gasteiger partial charge in [0.05, 0.1) is 0 Å². The number of aryl methyl sites for hydroxylation is 1. The zero-order chi connectivity index (χ0) is 17.4. The van der Waals surface area contributed by atoms with Crippen LogP contribution in [0.1, 0.15) is 17.0 Å². The summed E-state index contributed by atoms with van der Waals surface area (Å²) in [5, 5.41) is 15.2. The van der Waals surface area contributed by atoms with Crippen LogP contribution in [0.2, 0.25) is 0 Å². The molecule has 0 radical (unpaired) electrons. The smallest absolute Gasteiger partial charge is 0.151 e. The maximum absolute atomic E-state index is 7.54. The zero-order valence-corrected chi connectivity index (χ0v) is 14.9. The summed E-state index contributed by atoms with van der Waals surface area (Å²) in [4.78, 5) is 7.36. The highest BCUT2D eigenvalue weighted by molar-refractivity contribution is 8.14. The number of aromatic nitrogens is 2. The first kappa shape index (κ1) is 18.4. The highest BCUT2D eigenvalue weighted by Gasteiger charge is 2.14. The number of rotatable bonds is 8. The standard InChI is InChI=1S/C16H22N6S2/c17-15(18)23-8-5-11-1-3-12(4-2-11)9-13(24-16(19)20)10-14-21-6-7-22-14/h1-4,6-7,13H,5,8-10H2,(H3,17,18)(H3,19,20)(H,21,22)/t13-/m0/s1. The average molecular weight is 363 g/mol. The van der Waals surface area contributed by atoms with Gasteiger partial charge in [0.2, 0.25) is 0 Å². The molecular formula is C16H22N6S2.